The van der Waals surface area contributed by atoms with Crippen molar-refractivity contribution < 1.29 is 0 Å². The van der Waals surface area contributed by atoms with E-state index in [1.54, 1.807) is 5.57 Å². The maximum Gasteiger partial charge on any atom is -0.0105 e. The van der Waals surface area contributed by atoms with Crippen molar-refractivity contribution in [3.8, 4) is 0 Å². The summed E-state index contributed by atoms with van der Waals surface area (Å²) >= 11 is 0. The van der Waals surface area contributed by atoms with Crippen LogP contribution in [-0.2, 0) is 0 Å². The molecular formula is C11H16. The van der Waals surface area contributed by atoms with Gasteiger partial charge < -0.3 is 0 Å². The Morgan fingerprint density at radius 1 is 1.45 bits per heavy atom. The molecule has 60 valence electrons. The molecule has 2 bridgehead atoms. The molecule has 1 saturated carbocycles. The maximum atomic E-state index is 4.10. The summed E-state index contributed by atoms with van der Waals surface area (Å²) in [5.74, 6) is 1.62. The SMILES string of the molecule is C=C1C=C(C)C2CC1C2(C)C. The number of hydrogen-bond acceptors (Lipinski definition) is 0. The van der Waals surface area contributed by atoms with Crippen LogP contribution < -0.4 is 0 Å². The fraction of sp³-hybridized carbons (Fsp3) is 0.636. The first-order valence-electron chi connectivity index (χ1n) is 4.40. The third-order valence-corrected chi connectivity index (χ3v) is 3.68. The largest absolute Gasteiger partial charge is 0.0955 e. The Morgan fingerprint density at radius 2 is 2.09 bits per heavy atom. The summed E-state index contributed by atoms with van der Waals surface area (Å²) in [6, 6.07) is 0. The quantitative estimate of drug-likeness (QED) is 0.495. The Labute approximate surface area is 69.0 Å². The lowest BCUT2D eigenvalue weighted by atomic mass is 9.48. The molecule has 0 heteroatoms. The number of rotatable bonds is 0. The Bertz CT molecular complexity index is 243. The maximum absolute atomic E-state index is 4.10. The van der Waals surface area contributed by atoms with E-state index in [9.17, 15) is 0 Å². The second kappa shape index (κ2) is 1.80. The zero-order valence-corrected chi connectivity index (χ0v) is 7.65. The fourth-order valence-electron chi connectivity index (χ4n) is 2.82. The van der Waals surface area contributed by atoms with Crippen LogP contribution >= 0.6 is 0 Å². The Hall–Kier alpha value is -0.520. The molecule has 3 rings (SSSR count). The van der Waals surface area contributed by atoms with Crippen LogP contribution in [0.2, 0.25) is 0 Å². The molecule has 0 amide bonds. The highest BCUT2D eigenvalue weighted by atomic mass is 14.6. The van der Waals surface area contributed by atoms with Crippen molar-refractivity contribution in [2.24, 2.45) is 17.3 Å². The van der Waals surface area contributed by atoms with Crippen molar-refractivity contribution in [1.82, 2.24) is 0 Å². The molecule has 0 N–H and O–H groups in total. The lowest BCUT2D eigenvalue weighted by Gasteiger charge is -2.56. The molecule has 0 aromatic rings. The minimum atomic E-state index is 0.510. The molecule has 0 aromatic heterocycles. The summed E-state index contributed by atoms with van der Waals surface area (Å²) in [5, 5.41) is 0. The average Bonchev–Trinajstić information content (AvgIpc) is 1.84. The van der Waals surface area contributed by atoms with Crippen LogP contribution in [-0.4, -0.2) is 0 Å². The van der Waals surface area contributed by atoms with Crippen LogP contribution in [0.4, 0.5) is 0 Å². The molecule has 0 saturated heterocycles. The third kappa shape index (κ3) is 0.702. The van der Waals surface area contributed by atoms with Gasteiger partial charge in [-0.3, -0.25) is 0 Å². The van der Waals surface area contributed by atoms with Gasteiger partial charge in [-0.15, -0.1) is 0 Å². The summed E-state index contributed by atoms with van der Waals surface area (Å²) in [4.78, 5) is 0. The Kier molecular flexibility index (Phi) is 1.17. The van der Waals surface area contributed by atoms with E-state index in [1.165, 1.54) is 12.0 Å². The Balaban J connectivity index is 2.42. The van der Waals surface area contributed by atoms with Crippen LogP contribution in [0.5, 0.6) is 0 Å². The zero-order chi connectivity index (χ0) is 8.22. The second-order valence-corrected chi connectivity index (χ2v) is 4.63. The van der Waals surface area contributed by atoms with Gasteiger partial charge in [0.1, 0.15) is 0 Å². The summed E-state index contributed by atoms with van der Waals surface area (Å²) in [5.41, 5.74) is 3.41. The molecule has 0 radical (unpaired) electrons. The van der Waals surface area contributed by atoms with Crippen LogP contribution in [0.15, 0.2) is 23.8 Å². The van der Waals surface area contributed by atoms with E-state index in [4.69, 9.17) is 0 Å². The van der Waals surface area contributed by atoms with Gasteiger partial charge in [-0.1, -0.05) is 37.6 Å². The molecular weight excluding hydrogens is 132 g/mol. The van der Waals surface area contributed by atoms with E-state index in [2.05, 4.69) is 33.4 Å². The first-order chi connectivity index (χ1) is 5.03. The van der Waals surface area contributed by atoms with Crippen LogP contribution in [0.25, 0.3) is 0 Å². The van der Waals surface area contributed by atoms with Crippen molar-refractivity contribution in [1.29, 1.82) is 0 Å². The van der Waals surface area contributed by atoms with Gasteiger partial charge in [0, 0.05) is 0 Å². The normalized spacial score (nSPS) is 39.5. The molecule has 11 heavy (non-hydrogen) atoms. The van der Waals surface area contributed by atoms with Gasteiger partial charge >= 0.3 is 0 Å². The minimum Gasteiger partial charge on any atom is -0.0955 e. The molecule has 1 fully saturated rings. The topological polar surface area (TPSA) is 0 Å². The van der Waals surface area contributed by atoms with Gasteiger partial charge in [-0.05, 0) is 30.6 Å². The first kappa shape index (κ1) is 7.15. The predicted octanol–water partition coefficient (Wildman–Crippen LogP) is 3.16. The van der Waals surface area contributed by atoms with Crippen molar-refractivity contribution >= 4 is 0 Å². The van der Waals surface area contributed by atoms with Gasteiger partial charge in [0.05, 0.1) is 0 Å². The highest BCUT2D eigenvalue weighted by Gasteiger charge is 2.51. The second-order valence-electron chi connectivity index (χ2n) is 4.63. The highest BCUT2D eigenvalue weighted by Crippen LogP contribution is 2.60. The minimum absolute atomic E-state index is 0.510. The van der Waals surface area contributed by atoms with E-state index < -0.39 is 0 Å². The van der Waals surface area contributed by atoms with E-state index in [-0.39, 0.29) is 0 Å². The van der Waals surface area contributed by atoms with Gasteiger partial charge in [0.25, 0.3) is 0 Å². The van der Waals surface area contributed by atoms with Crippen LogP contribution in [0, 0.1) is 17.3 Å². The summed E-state index contributed by atoms with van der Waals surface area (Å²) < 4.78 is 0. The molecule has 3 aliphatic rings. The van der Waals surface area contributed by atoms with Gasteiger partial charge in [-0.25, -0.2) is 0 Å². The first-order valence-corrected chi connectivity index (χ1v) is 4.40. The summed E-state index contributed by atoms with van der Waals surface area (Å²) in [7, 11) is 0. The van der Waals surface area contributed by atoms with E-state index >= 15 is 0 Å². The average molecular weight is 148 g/mol. The molecule has 0 aliphatic heterocycles. The van der Waals surface area contributed by atoms with Gasteiger partial charge in [0.2, 0.25) is 0 Å². The number of hydrogen-bond donors (Lipinski definition) is 0. The van der Waals surface area contributed by atoms with Crippen molar-refractivity contribution in [2.45, 2.75) is 27.2 Å². The lowest BCUT2D eigenvalue weighted by Crippen LogP contribution is -2.48. The highest BCUT2D eigenvalue weighted by molar-refractivity contribution is 5.37. The van der Waals surface area contributed by atoms with E-state index in [1.807, 2.05) is 0 Å². The van der Waals surface area contributed by atoms with Crippen LogP contribution in [0.1, 0.15) is 27.2 Å². The molecule has 0 aromatic carbocycles. The number of allylic oxidation sites excluding steroid dienone is 3. The van der Waals surface area contributed by atoms with Crippen molar-refractivity contribution in [3.63, 3.8) is 0 Å². The summed E-state index contributed by atoms with van der Waals surface area (Å²) in [6.45, 7) is 11.1. The van der Waals surface area contributed by atoms with Crippen molar-refractivity contribution in [2.75, 3.05) is 0 Å². The molecule has 0 spiro atoms. The monoisotopic (exact) mass is 148 g/mol. The smallest absolute Gasteiger partial charge is 0.0105 e. The van der Waals surface area contributed by atoms with Gasteiger partial charge in [0.15, 0.2) is 0 Å². The van der Waals surface area contributed by atoms with E-state index in [0.29, 0.717) is 5.41 Å². The van der Waals surface area contributed by atoms with Crippen molar-refractivity contribution in [3.05, 3.63) is 23.8 Å². The molecule has 0 nitrogen and oxygen atoms in total. The van der Waals surface area contributed by atoms with Crippen LogP contribution in [0.3, 0.4) is 0 Å². The molecule has 0 heterocycles. The predicted molar refractivity (Wildman–Crippen MR) is 48.3 cm³/mol. The zero-order valence-electron chi connectivity index (χ0n) is 7.65. The molecule has 3 aliphatic carbocycles. The lowest BCUT2D eigenvalue weighted by molar-refractivity contribution is 0.0241. The summed E-state index contributed by atoms with van der Waals surface area (Å²) in [6.07, 6.45) is 3.64. The number of fused-ring (bicyclic) bond motifs is 1. The molecule has 2 unspecified atom stereocenters. The van der Waals surface area contributed by atoms with Gasteiger partial charge in [-0.2, -0.15) is 0 Å². The van der Waals surface area contributed by atoms with E-state index in [0.717, 1.165) is 11.8 Å². The fourth-order valence-corrected chi connectivity index (χ4v) is 2.82. The standard InChI is InChI=1S/C11H16/c1-7-5-8(2)10-6-9(7)11(10,3)4/h5,9-10H,1,6H2,2-4H3. The molecule has 2 atom stereocenters. The third-order valence-electron chi connectivity index (χ3n) is 3.68. The Morgan fingerprint density at radius 3 is 2.45 bits per heavy atom.